The van der Waals surface area contributed by atoms with Gasteiger partial charge in [-0.15, -0.1) is 0 Å². The van der Waals surface area contributed by atoms with E-state index in [0.717, 1.165) is 33.9 Å². The van der Waals surface area contributed by atoms with Crippen LogP contribution in [0.4, 0.5) is 0 Å². The fraction of sp³-hybridized carbons (Fsp3) is 0.400. The molecule has 8 nitrogen and oxygen atoms in total. The zero-order valence-electron chi connectivity index (χ0n) is 19.5. The van der Waals surface area contributed by atoms with Crippen molar-refractivity contribution in [1.82, 2.24) is 25.3 Å². The number of amides is 2. The molecule has 0 bridgehead atoms. The highest BCUT2D eigenvalue weighted by Gasteiger charge is 2.33. The SMILES string of the molecule is CCN1CC(C(=O)NCc2ccc(-c3nc(C(C)C)ncc3-c3cc(C)no3)cc2)CC1=O. The second-order valence-electron chi connectivity index (χ2n) is 8.73. The molecule has 3 heterocycles. The van der Waals surface area contributed by atoms with E-state index < -0.39 is 0 Å². The van der Waals surface area contributed by atoms with E-state index in [2.05, 4.69) is 29.3 Å². The largest absolute Gasteiger partial charge is 0.356 e. The van der Waals surface area contributed by atoms with Crippen LogP contribution in [0.1, 0.15) is 50.2 Å². The summed E-state index contributed by atoms with van der Waals surface area (Å²) in [7, 11) is 0. The molecule has 33 heavy (non-hydrogen) atoms. The minimum atomic E-state index is -0.278. The van der Waals surface area contributed by atoms with Crippen LogP contribution in [0.15, 0.2) is 41.1 Å². The minimum Gasteiger partial charge on any atom is -0.356 e. The number of aryl methyl sites for hydroxylation is 1. The summed E-state index contributed by atoms with van der Waals surface area (Å²) < 4.78 is 5.47. The first-order chi connectivity index (χ1) is 15.9. The molecule has 2 aromatic heterocycles. The van der Waals surface area contributed by atoms with Gasteiger partial charge < -0.3 is 14.7 Å². The first-order valence-corrected chi connectivity index (χ1v) is 11.3. The van der Waals surface area contributed by atoms with Crippen LogP contribution < -0.4 is 5.32 Å². The summed E-state index contributed by atoms with van der Waals surface area (Å²) in [4.78, 5) is 35.4. The van der Waals surface area contributed by atoms with Gasteiger partial charge in [-0.25, -0.2) is 9.97 Å². The molecule has 0 aliphatic carbocycles. The Morgan fingerprint density at radius 3 is 2.64 bits per heavy atom. The molecular weight excluding hydrogens is 418 g/mol. The Kier molecular flexibility index (Phi) is 6.53. The molecule has 2 amide bonds. The van der Waals surface area contributed by atoms with Crippen molar-refractivity contribution in [3.8, 4) is 22.6 Å². The van der Waals surface area contributed by atoms with Gasteiger partial charge in [-0.05, 0) is 19.4 Å². The Hall–Kier alpha value is -3.55. The van der Waals surface area contributed by atoms with E-state index in [4.69, 9.17) is 9.51 Å². The molecule has 1 aliphatic rings. The van der Waals surface area contributed by atoms with Crippen molar-refractivity contribution in [1.29, 1.82) is 0 Å². The van der Waals surface area contributed by atoms with Crippen molar-refractivity contribution in [3.05, 3.63) is 53.6 Å². The quantitative estimate of drug-likeness (QED) is 0.592. The summed E-state index contributed by atoms with van der Waals surface area (Å²) in [5.74, 6) is 1.26. The van der Waals surface area contributed by atoms with Gasteiger partial charge in [0.05, 0.1) is 22.9 Å². The van der Waals surface area contributed by atoms with Crippen LogP contribution in [0, 0.1) is 12.8 Å². The molecule has 8 heteroatoms. The molecule has 0 spiro atoms. The Bertz CT molecular complexity index is 1150. The van der Waals surface area contributed by atoms with Gasteiger partial charge in [0, 0.05) is 49.8 Å². The van der Waals surface area contributed by atoms with Crippen LogP contribution in [-0.4, -0.2) is 44.9 Å². The average molecular weight is 448 g/mol. The number of hydrogen-bond acceptors (Lipinski definition) is 6. The summed E-state index contributed by atoms with van der Waals surface area (Å²) in [5, 5.41) is 6.96. The van der Waals surface area contributed by atoms with Gasteiger partial charge in [0.1, 0.15) is 5.82 Å². The summed E-state index contributed by atoms with van der Waals surface area (Å²) in [6.07, 6.45) is 2.07. The molecule has 0 radical (unpaired) electrons. The molecule has 1 N–H and O–H groups in total. The number of nitrogens with zero attached hydrogens (tertiary/aromatic N) is 4. The van der Waals surface area contributed by atoms with E-state index in [0.29, 0.717) is 25.4 Å². The number of likely N-dealkylation sites (tertiary alicyclic amines) is 1. The molecule has 1 unspecified atom stereocenters. The second kappa shape index (κ2) is 9.52. The lowest BCUT2D eigenvalue weighted by molar-refractivity contribution is -0.128. The second-order valence-corrected chi connectivity index (χ2v) is 8.73. The van der Waals surface area contributed by atoms with Crippen molar-refractivity contribution in [2.75, 3.05) is 13.1 Å². The normalized spacial score (nSPS) is 16.0. The van der Waals surface area contributed by atoms with Crippen LogP contribution >= 0.6 is 0 Å². The Morgan fingerprint density at radius 2 is 2.03 bits per heavy atom. The third-order valence-electron chi connectivity index (χ3n) is 5.88. The zero-order chi connectivity index (χ0) is 23.5. The monoisotopic (exact) mass is 447 g/mol. The smallest absolute Gasteiger partial charge is 0.225 e. The van der Waals surface area contributed by atoms with Gasteiger partial charge in [-0.3, -0.25) is 9.59 Å². The van der Waals surface area contributed by atoms with Crippen LogP contribution in [0.3, 0.4) is 0 Å². The summed E-state index contributed by atoms with van der Waals surface area (Å²) >= 11 is 0. The zero-order valence-corrected chi connectivity index (χ0v) is 19.5. The lowest BCUT2D eigenvalue weighted by Crippen LogP contribution is -2.32. The molecule has 0 saturated carbocycles. The lowest BCUT2D eigenvalue weighted by Gasteiger charge is -2.14. The maximum atomic E-state index is 12.5. The fourth-order valence-electron chi connectivity index (χ4n) is 3.93. The number of benzene rings is 1. The van der Waals surface area contributed by atoms with E-state index in [-0.39, 0.29) is 30.1 Å². The van der Waals surface area contributed by atoms with E-state index in [1.165, 1.54) is 0 Å². The Morgan fingerprint density at radius 1 is 1.27 bits per heavy atom. The first kappa shape index (κ1) is 22.6. The molecule has 4 rings (SSSR count). The molecule has 1 aromatic carbocycles. The minimum absolute atomic E-state index is 0.0466. The highest BCUT2D eigenvalue weighted by Crippen LogP contribution is 2.31. The Balaban J connectivity index is 1.50. The number of hydrogen-bond donors (Lipinski definition) is 1. The van der Waals surface area contributed by atoms with Gasteiger partial charge in [0.25, 0.3) is 0 Å². The topological polar surface area (TPSA) is 101 Å². The summed E-state index contributed by atoms with van der Waals surface area (Å²) in [5.41, 5.74) is 4.26. The maximum absolute atomic E-state index is 12.5. The average Bonchev–Trinajstić information content (AvgIpc) is 3.42. The highest BCUT2D eigenvalue weighted by atomic mass is 16.5. The first-order valence-electron chi connectivity index (χ1n) is 11.3. The van der Waals surface area contributed by atoms with Crippen LogP contribution in [0.25, 0.3) is 22.6 Å². The number of carbonyl (C=O) groups is 2. The third-order valence-corrected chi connectivity index (χ3v) is 5.88. The number of nitrogens with one attached hydrogen (secondary N) is 1. The highest BCUT2D eigenvalue weighted by molar-refractivity contribution is 5.89. The van der Waals surface area contributed by atoms with E-state index in [1.807, 2.05) is 44.2 Å². The summed E-state index contributed by atoms with van der Waals surface area (Å²) in [6, 6.07) is 9.78. The van der Waals surface area contributed by atoms with Gasteiger partial charge in [-0.1, -0.05) is 43.3 Å². The van der Waals surface area contributed by atoms with Crippen molar-refractivity contribution in [2.45, 2.75) is 46.6 Å². The van der Waals surface area contributed by atoms with E-state index >= 15 is 0 Å². The molecule has 1 aliphatic heterocycles. The fourth-order valence-corrected chi connectivity index (χ4v) is 3.93. The van der Waals surface area contributed by atoms with Crippen LogP contribution in [0.5, 0.6) is 0 Å². The molecular formula is C25H29N5O3. The van der Waals surface area contributed by atoms with Crippen molar-refractivity contribution in [3.63, 3.8) is 0 Å². The van der Waals surface area contributed by atoms with Crippen molar-refractivity contribution >= 4 is 11.8 Å². The number of rotatable bonds is 7. The predicted octanol–water partition coefficient (Wildman–Crippen LogP) is 3.72. The molecule has 172 valence electrons. The maximum Gasteiger partial charge on any atom is 0.225 e. The molecule has 1 atom stereocenters. The molecule has 1 saturated heterocycles. The van der Waals surface area contributed by atoms with Gasteiger partial charge in [-0.2, -0.15) is 0 Å². The number of carbonyl (C=O) groups excluding carboxylic acids is 2. The standard InChI is InChI=1S/C25H29N5O3/c1-5-30-14-19(11-22(30)31)25(32)27-12-17-6-8-18(9-7-17)23-20(21-10-16(4)29-33-21)13-26-24(28-23)15(2)3/h6-10,13,15,19H,5,11-12,14H2,1-4H3,(H,27,32). The van der Waals surface area contributed by atoms with Gasteiger partial charge in [0.2, 0.25) is 11.8 Å². The van der Waals surface area contributed by atoms with E-state index in [9.17, 15) is 9.59 Å². The van der Waals surface area contributed by atoms with Crippen molar-refractivity contribution in [2.24, 2.45) is 5.92 Å². The van der Waals surface area contributed by atoms with Gasteiger partial charge in [0.15, 0.2) is 5.76 Å². The van der Waals surface area contributed by atoms with Gasteiger partial charge >= 0.3 is 0 Å². The Labute approximate surface area is 193 Å². The van der Waals surface area contributed by atoms with Crippen LogP contribution in [-0.2, 0) is 16.1 Å². The lowest BCUT2D eigenvalue weighted by atomic mass is 10.0. The molecule has 3 aromatic rings. The third kappa shape index (κ3) is 4.94. The van der Waals surface area contributed by atoms with Crippen molar-refractivity contribution < 1.29 is 14.1 Å². The van der Waals surface area contributed by atoms with E-state index in [1.54, 1.807) is 11.1 Å². The predicted molar refractivity (Wildman–Crippen MR) is 124 cm³/mol. The summed E-state index contributed by atoms with van der Waals surface area (Å²) in [6.45, 7) is 9.46. The molecule has 1 fully saturated rings. The number of aromatic nitrogens is 3. The van der Waals surface area contributed by atoms with Crippen LogP contribution in [0.2, 0.25) is 0 Å².